The monoisotopic (exact) mass is 290 g/mol. The molecule has 1 aromatic rings. The third-order valence-electron chi connectivity index (χ3n) is 5.41. The third kappa shape index (κ3) is 2.78. The van der Waals surface area contributed by atoms with Gasteiger partial charge in [0.2, 0.25) is 0 Å². The number of aliphatic hydroxyl groups is 1. The van der Waals surface area contributed by atoms with Crippen molar-refractivity contribution in [3.8, 4) is 0 Å². The van der Waals surface area contributed by atoms with Crippen LogP contribution in [0, 0.1) is 12.3 Å². The van der Waals surface area contributed by atoms with Crippen LogP contribution in [0.1, 0.15) is 69.1 Å². The van der Waals surface area contributed by atoms with Crippen molar-refractivity contribution in [1.29, 1.82) is 0 Å². The maximum absolute atomic E-state index is 10.5. The first-order chi connectivity index (χ1) is 9.91. The van der Waals surface area contributed by atoms with Gasteiger partial charge in [0, 0.05) is 29.5 Å². The summed E-state index contributed by atoms with van der Waals surface area (Å²) >= 11 is 0. The highest BCUT2D eigenvalue weighted by Crippen LogP contribution is 2.43. The van der Waals surface area contributed by atoms with Crippen LogP contribution in [0.3, 0.4) is 0 Å². The zero-order valence-corrected chi connectivity index (χ0v) is 14.0. The predicted molar refractivity (Wildman–Crippen MR) is 86.6 cm³/mol. The summed E-state index contributed by atoms with van der Waals surface area (Å²) in [7, 11) is 0. The minimum absolute atomic E-state index is 0.202. The molecule has 1 N–H and O–H groups in total. The molecule has 2 heterocycles. The molecule has 2 atom stereocenters. The number of fused-ring (bicyclic) bond motifs is 1. The summed E-state index contributed by atoms with van der Waals surface area (Å²) in [5, 5.41) is 10.5. The fourth-order valence-corrected chi connectivity index (χ4v) is 4.40. The van der Waals surface area contributed by atoms with Gasteiger partial charge in [0.15, 0.2) is 0 Å². The second-order valence-electron chi connectivity index (χ2n) is 7.81. The molecule has 0 bridgehead atoms. The lowest BCUT2D eigenvalue weighted by atomic mass is 9.75. The van der Waals surface area contributed by atoms with E-state index in [-0.39, 0.29) is 11.5 Å². The minimum Gasteiger partial charge on any atom is -0.388 e. The first-order valence-electron chi connectivity index (χ1n) is 8.52. The van der Waals surface area contributed by atoms with E-state index >= 15 is 0 Å². The number of nitrogens with zero attached hydrogens (tertiary/aromatic N) is 2. The van der Waals surface area contributed by atoms with Crippen molar-refractivity contribution < 1.29 is 5.11 Å². The summed E-state index contributed by atoms with van der Waals surface area (Å²) in [5.74, 6) is 0. The van der Waals surface area contributed by atoms with E-state index in [1.807, 2.05) is 0 Å². The van der Waals surface area contributed by atoms with Gasteiger partial charge in [0.1, 0.15) is 0 Å². The van der Waals surface area contributed by atoms with Gasteiger partial charge in [-0.25, -0.2) is 0 Å². The molecule has 0 aromatic carbocycles. The summed E-state index contributed by atoms with van der Waals surface area (Å²) < 4.78 is 2.56. The van der Waals surface area contributed by atoms with Crippen molar-refractivity contribution in [3.63, 3.8) is 0 Å². The average molecular weight is 290 g/mol. The maximum atomic E-state index is 10.5. The normalized spacial score (nSPS) is 29.4. The number of hydrogen-bond acceptors (Lipinski definition) is 2. The molecule has 1 aliphatic carbocycles. The largest absolute Gasteiger partial charge is 0.388 e. The molecule has 1 saturated heterocycles. The van der Waals surface area contributed by atoms with Gasteiger partial charge < -0.3 is 14.6 Å². The number of likely N-dealkylation sites (tertiary alicyclic amines) is 1. The van der Waals surface area contributed by atoms with Crippen LogP contribution in [0.2, 0.25) is 0 Å². The fourth-order valence-electron chi connectivity index (χ4n) is 4.40. The Hall–Kier alpha value is -0.800. The lowest BCUT2D eigenvalue weighted by Crippen LogP contribution is -2.38. The van der Waals surface area contributed by atoms with Crippen LogP contribution >= 0.6 is 0 Å². The van der Waals surface area contributed by atoms with E-state index in [0.29, 0.717) is 6.04 Å². The molecular formula is C18H30N2O. The number of likely N-dealkylation sites (N-methyl/N-ethyl adjacent to an activating group) is 1. The lowest BCUT2D eigenvalue weighted by Gasteiger charge is -2.38. The Kier molecular flexibility index (Phi) is 3.91. The van der Waals surface area contributed by atoms with Crippen LogP contribution in [-0.2, 0) is 6.42 Å². The van der Waals surface area contributed by atoms with Crippen molar-refractivity contribution >= 4 is 0 Å². The number of aromatic nitrogens is 1. The summed E-state index contributed by atoms with van der Waals surface area (Å²) in [6.07, 6.45) is 4.26. The maximum Gasteiger partial charge on any atom is 0.0812 e. The fraction of sp³-hybridized carbons (Fsp3) is 0.778. The van der Waals surface area contributed by atoms with Gasteiger partial charge in [0.05, 0.1) is 6.10 Å². The van der Waals surface area contributed by atoms with Crippen LogP contribution in [0.4, 0.5) is 0 Å². The number of aliphatic hydroxyl groups excluding tert-OH is 1. The van der Waals surface area contributed by atoms with E-state index in [0.717, 1.165) is 25.9 Å². The highest BCUT2D eigenvalue weighted by Gasteiger charge is 2.35. The molecule has 0 radical (unpaired) electrons. The summed E-state index contributed by atoms with van der Waals surface area (Å²) in [6.45, 7) is 12.6. The van der Waals surface area contributed by atoms with E-state index in [2.05, 4.69) is 43.2 Å². The molecular weight excluding hydrogens is 260 g/mol. The highest BCUT2D eigenvalue weighted by molar-refractivity contribution is 5.34. The Bertz CT molecular complexity index is 518. The van der Waals surface area contributed by atoms with E-state index in [1.165, 1.54) is 36.3 Å². The van der Waals surface area contributed by atoms with Crippen LogP contribution in [-0.4, -0.2) is 34.2 Å². The Morgan fingerprint density at radius 1 is 1.38 bits per heavy atom. The quantitative estimate of drug-likeness (QED) is 0.903. The van der Waals surface area contributed by atoms with Gasteiger partial charge in [-0.15, -0.1) is 0 Å². The van der Waals surface area contributed by atoms with Crippen molar-refractivity contribution in [2.75, 3.05) is 19.6 Å². The van der Waals surface area contributed by atoms with Crippen LogP contribution in [0.25, 0.3) is 0 Å². The first kappa shape index (κ1) is 15.1. The predicted octanol–water partition coefficient (Wildman–Crippen LogP) is 3.46. The molecule has 21 heavy (non-hydrogen) atoms. The second-order valence-corrected chi connectivity index (χ2v) is 7.81. The Labute approximate surface area is 129 Å². The Morgan fingerprint density at radius 2 is 2.14 bits per heavy atom. The average Bonchev–Trinajstić information content (AvgIpc) is 2.74. The zero-order chi connectivity index (χ0) is 15.2. The molecule has 1 aromatic heterocycles. The van der Waals surface area contributed by atoms with Crippen molar-refractivity contribution in [3.05, 3.63) is 23.0 Å². The van der Waals surface area contributed by atoms with Crippen LogP contribution < -0.4 is 0 Å². The van der Waals surface area contributed by atoms with Crippen molar-refractivity contribution in [2.45, 2.75) is 65.5 Å². The van der Waals surface area contributed by atoms with E-state index < -0.39 is 0 Å². The number of hydrogen-bond donors (Lipinski definition) is 1. The minimum atomic E-state index is -0.283. The topological polar surface area (TPSA) is 28.4 Å². The first-order valence-corrected chi connectivity index (χ1v) is 8.52. The van der Waals surface area contributed by atoms with Gasteiger partial charge in [-0.05, 0) is 57.2 Å². The van der Waals surface area contributed by atoms with Crippen molar-refractivity contribution in [1.82, 2.24) is 9.47 Å². The van der Waals surface area contributed by atoms with Gasteiger partial charge in [0.25, 0.3) is 0 Å². The molecule has 0 saturated carbocycles. The molecule has 2 unspecified atom stereocenters. The Morgan fingerprint density at radius 3 is 2.86 bits per heavy atom. The van der Waals surface area contributed by atoms with Gasteiger partial charge in [-0.3, -0.25) is 0 Å². The molecule has 3 nitrogen and oxygen atoms in total. The zero-order valence-electron chi connectivity index (χ0n) is 14.0. The molecule has 2 aliphatic rings. The summed E-state index contributed by atoms with van der Waals surface area (Å²) in [5.41, 5.74) is 4.13. The molecule has 0 amide bonds. The van der Waals surface area contributed by atoms with Crippen LogP contribution in [0.15, 0.2) is 6.07 Å². The molecule has 0 spiro atoms. The molecule has 118 valence electrons. The lowest BCUT2D eigenvalue weighted by molar-refractivity contribution is 0.0958. The third-order valence-corrected chi connectivity index (χ3v) is 5.41. The number of piperidine rings is 1. The smallest absolute Gasteiger partial charge is 0.0812 e. The highest BCUT2D eigenvalue weighted by atomic mass is 16.3. The van der Waals surface area contributed by atoms with E-state index in [1.54, 1.807) is 0 Å². The van der Waals surface area contributed by atoms with E-state index in [4.69, 9.17) is 0 Å². The van der Waals surface area contributed by atoms with Crippen LogP contribution in [0.5, 0.6) is 0 Å². The van der Waals surface area contributed by atoms with Gasteiger partial charge >= 0.3 is 0 Å². The number of rotatable bonds is 2. The molecule has 1 fully saturated rings. The van der Waals surface area contributed by atoms with Gasteiger partial charge in [-0.1, -0.05) is 20.8 Å². The van der Waals surface area contributed by atoms with Gasteiger partial charge in [-0.2, -0.15) is 0 Å². The van der Waals surface area contributed by atoms with E-state index in [9.17, 15) is 5.11 Å². The van der Waals surface area contributed by atoms with Crippen molar-refractivity contribution in [2.24, 2.45) is 5.41 Å². The molecule has 3 heteroatoms. The number of aryl methyl sites for hydroxylation is 1. The SMILES string of the molecule is CCN1CCCC(n2c(C)cc3c2CC(C)(C)CC3O)C1. The standard InChI is InChI=1S/C18H30N2O/c1-5-19-8-6-7-14(12-19)20-13(2)9-15-16(20)10-18(3,4)11-17(15)21/h9,14,17,21H,5-8,10-12H2,1-4H3. The molecule has 1 aliphatic heterocycles. The molecule has 3 rings (SSSR count). The Balaban J connectivity index is 1.96. The summed E-state index contributed by atoms with van der Waals surface area (Å²) in [4.78, 5) is 2.56. The summed E-state index contributed by atoms with van der Waals surface area (Å²) in [6, 6.07) is 2.82. The second kappa shape index (κ2) is 5.44.